The Morgan fingerprint density at radius 2 is 1.56 bits per heavy atom. The van der Waals surface area contributed by atoms with E-state index in [1.807, 2.05) is 55.0 Å². The smallest absolute Gasteiger partial charge is 0.489 e. The van der Waals surface area contributed by atoms with Gasteiger partial charge in [-0.1, -0.05) is 53.8 Å². The molecule has 1 unspecified atom stereocenters. The van der Waals surface area contributed by atoms with E-state index in [2.05, 4.69) is 4.57 Å². The van der Waals surface area contributed by atoms with E-state index < -0.39 is 7.82 Å². The highest BCUT2D eigenvalue weighted by Gasteiger charge is 2.25. The normalized spacial score (nSPS) is 12.7. The molecular formula is C24H23NO5PS+. The predicted molar refractivity (Wildman–Crippen MR) is 123 cm³/mol. The van der Waals surface area contributed by atoms with Crippen molar-refractivity contribution in [2.75, 3.05) is 0 Å². The molecule has 0 saturated heterocycles. The Morgan fingerprint density at radius 3 is 2.28 bits per heavy atom. The number of hydrogen-bond donors (Lipinski definition) is 1. The Morgan fingerprint density at radius 1 is 0.875 bits per heavy atom. The molecule has 0 bridgehead atoms. The van der Waals surface area contributed by atoms with Crippen LogP contribution in [0.2, 0.25) is 0 Å². The Balaban J connectivity index is 1.34. The van der Waals surface area contributed by atoms with Crippen molar-refractivity contribution in [3.63, 3.8) is 0 Å². The fourth-order valence-corrected chi connectivity index (χ4v) is 4.50. The topological polar surface area (TPSA) is 68.9 Å². The maximum Gasteiger partial charge on any atom is 0.584 e. The van der Waals surface area contributed by atoms with Gasteiger partial charge in [-0.05, 0) is 48.9 Å². The van der Waals surface area contributed by atoms with E-state index in [0.29, 0.717) is 18.9 Å². The number of benzene rings is 3. The number of hydrogen-bond acceptors (Lipinski definition) is 5. The second-order valence-corrected chi connectivity index (χ2v) is 9.57. The van der Waals surface area contributed by atoms with Crippen LogP contribution in [0.4, 0.5) is 0 Å². The van der Waals surface area contributed by atoms with Crippen molar-refractivity contribution in [3.05, 3.63) is 107 Å². The summed E-state index contributed by atoms with van der Waals surface area (Å²) in [4.78, 5) is 11.4. The van der Waals surface area contributed by atoms with Crippen LogP contribution in [0.15, 0.2) is 90.6 Å². The summed E-state index contributed by atoms with van der Waals surface area (Å²) in [6.45, 7) is 3.12. The lowest BCUT2D eigenvalue weighted by Crippen LogP contribution is -2.30. The largest absolute Gasteiger partial charge is 0.584 e. The summed E-state index contributed by atoms with van der Waals surface area (Å²) in [5, 5.41) is 0. The monoisotopic (exact) mass is 468 g/mol. The van der Waals surface area contributed by atoms with Crippen molar-refractivity contribution >= 4 is 19.2 Å². The van der Waals surface area contributed by atoms with Crippen LogP contribution in [-0.4, -0.2) is 4.89 Å². The van der Waals surface area contributed by atoms with Crippen molar-refractivity contribution in [3.8, 4) is 17.2 Å². The van der Waals surface area contributed by atoms with E-state index in [4.69, 9.17) is 13.8 Å². The number of phosphoric ester groups is 1. The minimum atomic E-state index is -4.36. The van der Waals surface area contributed by atoms with Gasteiger partial charge >= 0.3 is 7.82 Å². The van der Waals surface area contributed by atoms with Gasteiger partial charge < -0.3 is 13.8 Å². The Kier molecular flexibility index (Phi) is 6.90. The van der Waals surface area contributed by atoms with Crippen LogP contribution in [-0.2, 0) is 17.7 Å². The van der Waals surface area contributed by atoms with Crippen LogP contribution in [0.1, 0.15) is 16.0 Å². The van der Waals surface area contributed by atoms with Gasteiger partial charge in [0.05, 0.1) is 4.88 Å². The lowest BCUT2D eigenvalue weighted by Gasteiger charge is -2.14. The molecule has 164 valence electrons. The van der Waals surface area contributed by atoms with Crippen molar-refractivity contribution in [2.24, 2.45) is 0 Å². The minimum absolute atomic E-state index is 0.211. The van der Waals surface area contributed by atoms with Gasteiger partial charge in [-0.3, -0.25) is 4.89 Å². The number of nitrogens with zero attached hydrogens (tertiary/aromatic N) is 1. The van der Waals surface area contributed by atoms with Crippen LogP contribution in [0.25, 0.3) is 0 Å². The number of rotatable bonds is 9. The fourth-order valence-electron chi connectivity index (χ4n) is 3.06. The molecule has 0 spiro atoms. The lowest BCUT2D eigenvalue weighted by atomic mass is 10.2. The van der Waals surface area contributed by atoms with E-state index in [1.165, 1.54) is 4.88 Å². The summed E-state index contributed by atoms with van der Waals surface area (Å²) in [5.74, 6) is 1.11. The summed E-state index contributed by atoms with van der Waals surface area (Å²) in [5.41, 5.74) is 4.02. The molecule has 0 fully saturated rings. The third-order valence-corrected chi connectivity index (χ3v) is 6.24. The second-order valence-electron chi connectivity index (χ2n) is 7.18. The summed E-state index contributed by atoms with van der Waals surface area (Å²) >= 11 is 1.66. The van der Waals surface area contributed by atoms with Crippen molar-refractivity contribution in [1.82, 2.24) is 0 Å². The van der Waals surface area contributed by atoms with Crippen LogP contribution < -0.4 is 18.4 Å². The Bertz CT molecular complexity index is 1210. The van der Waals surface area contributed by atoms with Gasteiger partial charge in [-0.15, -0.1) is 0 Å². The molecule has 4 aromatic rings. The average molecular weight is 468 g/mol. The van der Waals surface area contributed by atoms with Gasteiger partial charge in [0.1, 0.15) is 23.9 Å². The summed E-state index contributed by atoms with van der Waals surface area (Å²) in [6.07, 6.45) is 2.05. The van der Waals surface area contributed by atoms with E-state index in [-0.39, 0.29) is 11.5 Å². The quantitative estimate of drug-likeness (QED) is 0.258. The number of phosphoric acid groups is 1. The molecule has 0 amide bonds. The third kappa shape index (κ3) is 6.44. The molecule has 0 aliphatic carbocycles. The highest BCUT2D eigenvalue weighted by atomic mass is 32.1. The first kappa shape index (κ1) is 22.1. The molecule has 0 aliphatic heterocycles. The molecule has 0 saturated carbocycles. The molecule has 8 heteroatoms. The number of ether oxygens (including phenoxy) is 1. The summed E-state index contributed by atoms with van der Waals surface area (Å²) < 4.78 is 30.8. The molecule has 32 heavy (non-hydrogen) atoms. The zero-order valence-corrected chi connectivity index (χ0v) is 19.2. The fraction of sp³-hybridized carbons (Fsp3) is 0.125. The van der Waals surface area contributed by atoms with Crippen LogP contribution in [0, 0.1) is 6.92 Å². The number of thiazole rings is 1. The summed E-state index contributed by atoms with van der Waals surface area (Å²) in [6, 6.07) is 23.4. The van der Waals surface area contributed by atoms with Crippen LogP contribution in [0.5, 0.6) is 17.2 Å². The standard InChI is InChI=1S/C24H22NO5PS/c1-19-15-25(18-32-19)16-21-8-5-9-24(14-21)30-31(26,27)29-23-12-10-22(11-13-23)28-17-20-6-3-2-4-7-20/h2-15,18H,16-17H2,1H3/p+1. The van der Waals surface area contributed by atoms with Gasteiger partial charge in [-0.2, -0.15) is 4.57 Å². The molecule has 4 rings (SSSR count). The van der Waals surface area contributed by atoms with E-state index >= 15 is 0 Å². The number of aryl methyl sites for hydroxylation is 1. The van der Waals surface area contributed by atoms with Gasteiger partial charge in [0.15, 0.2) is 12.7 Å². The highest BCUT2D eigenvalue weighted by molar-refractivity contribution is 7.48. The molecule has 1 N–H and O–H groups in total. The Labute approximate surface area is 190 Å². The van der Waals surface area contributed by atoms with Crippen molar-refractivity contribution in [2.45, 2.75) is 20.1 Å². The highest BCUT2D eigenvalue weighted by Crippen LogP contribution is 2.44. The first-order valence-electron chi connectivity index (χ1n) is 9.97. The maximum atomic E-state index is 12.5. The maximum absolute atomic E-state index is 12.5. The van der Waals surface area contributed by atoms with Gasteiger partial charge in [-0.25, -0.2) is 4.57 Å². The molecule has 1 atom stereocenters. The average Bonchev–Trinajstić information content (AvgIpc) is 3.18. The van der Waals surface area contributed by atoms with Gasteiger partial charge in [0, 0.05) is 5.56 Å². The van der Waals surface area contributed by atoms with Crippen LogP contribution >= 0.6 is 19.2 Å². The molecule has 1 aromatic heterocycles. The van der Waals surface area contributed by atoms with E-state index in [9.17, 15) is 9.46 Å². The molecule has 1 heterocycles. The van der Waals surface area contributed by atoms with E-state index in [1.54, 1.807) is 53.8 Å². The number of aromatic nitrogens is 1. The first-order chi connectivity index (χ1) is 15.4. The zero-order valence-electron chi connectivity index (χ0n) is 17.5. The summed E-state index contributed by atoms with van der Waals surface area (Å²) in [7, 11) is -4.36. The molecule has 6 nitrogen and oxygen atoms in total. The minimum Gasteiger partial charge on any atom is -0.489 e. The molecular weight excluding hydrogens is 445 g/mol. The Hall–Kier alpha value is -3.12. The van der Waals surface area contributed by atoms with Gasteiger partial charge in [0.2, 0.25) is 5.51 Å². The van der Waals surface area contributed by atoms with Crippen molar-refractivity contribution < 1.29 is 27.8 Å². The SMILES string of the molecule is Cc1c[n+](Cc2cccc(OP(=O)(O)Oc3ccc(OCc4ccccc4)cc3)c2)cs1. The predicted octanol–water partition coefficient (Wildman–Crippen LogP) is 5.53. The van der Waals surface area contributed by atoms with Gasteiger partial charge in [0.25, 0.3) is 0 Å². The lowest BCUT2D eigenvalue weighted by molar-refractivity contribution is -0.683. The van der Waals surface area contributed by atoms with Crippen LogP contribution in [0.3, 0.4) is 0 Å². The second kappa shape index (κ2) is 10.0. The third-order valence-electron chi connectivity index (χ3n) is 4.50. The zero-order chi connectivity index (χ0) is 22.4. The first-order valence-corrected chi connectivity index (χ1v) is 12.3. The molecule has 3 aromatic carbocycles. The van der Waals surface area contributed by atoms with E-state index in [0.717, 1.165) is 11.1 Å². The molecule has 0 aliphatic rings. The molecule has 0 radical (unpaired) electrons. The van der Waals surface area contributed by atoms with Crippen molar-refractivity contribution in [1.29, 1.82) is 0 Å².